The van der Waals surface area contributed by atoms with Crippen LogP contribution in [0.15, 0.2) is 54.7 Å². The molecule has 0 radical (unpaired) electrons. The Hall–Kier alpha value is -5.30. The van der Waals surface area contributed by atoms with Gasteiger partial charge in [0.15, 0.2) is 12.3 Å². The number of amides is 3. The lowest BCUT2D eigenvalue weighted by Gasteiger charge is -2.19. The van der Waals surface area contributed by atoms with E-state index in [1.54, 1.807) is 30.3 Å². The number of nitrogens with zero attached hydrogens (tertiary/aromatic N) is 3. The van der Waals surface area contributed by atoms with Crippen LogP contribution < -0.4 is 20.7 Å². The van der Waals surface area contributed by atoms with E-state index in [4.69, 9.17) is 4.74 Å². The Bertz CT molecular complexity index is 1720. The number of carboxylic acid groups (broad SMARTS) is 1. The third kappa shape index (κ3) is 4.58. The van der Waals surface area contributed by atoms with Gasteiger partial charge < -0.3 is 30.9 Å². The minimum Gasteiger partial charge on any atom is -0.482 e. The summed E-state index contributed by atoms with van der Waals surface area (Å²) < 4.78 is 6.63. The number of hydrogen-bond donors (Lipinski definition) is 5. The Kier molecular flexibility index (Phi) is 6.11. The van der Waals surface area contributed by atoms with E-state index in [0.29, 0.717) is 28.1 Å². The lowest BCUT2D eigenvalue weighted by molar-refractivity contribution is -0.118. The molecule has 0 spiro atoms. The molecule has 2 aromatic heterocycles. The maximum Gasteiger partial charge on any atom is 0.335 e. The van der Waals surface area contributed by atoms with Crippen molar-refractivity contribution in [2.45, 2.75) is 25.1 Å². The second-order valence-electron chi connectivity index (χ2n) is 9.42. The quantitative estimate of drug-likeness (QED) is 0.238. The van der Waals surface area contributed by atoms with E-state index in [-0.39, 0.29) is 48.1 Å². The monoisotopic (exact) mass is 542 g/mol. The van der Waals surface area contributed by atoms with Crippen LogP contribution in [0.4, 0.5) is 5.69 Å². The number of nitrogens with one attached hydrogen (secondary N) is 3. The van der Waals surface area contributed by atoms with E-state index in [0.717, 1.165) is 0 Å². The summed E-state index contributed by atoms with van der Waals surface area (Å²) in [5.41, 5.74) is 2.82. The molecule has 2 aromatic carbocycles. The fraction of sp³-hybridized carbons (Fsp3) is 0.185. The van der Waals surface area contributed by atoms with Gasteiger partial charge in [-0.25, -0.2) is 14.3 Å². The highest BCUT2D eigenvalue weighted by atomic mass is 16.5. The molecule has 5 N–H and O–H groups in total. The molecule has 40 heavy (non-hydrogen) atoms. The molecule has 1 aliphatic heterocycles. The first-order valence-corrected chi connectivity index (χ1v) is 12.3. The number of fused-ring (bicyclic) bond motifs is 3. The number of aromatic nitrogens is 3. The van der Waals surface area contributed by atoms with Gasteiger partial charge in [-0.1, -0.05) is 12.1 Å². The summed E-state index contributed by atoms with van der Waals surface area (Å²) in [7, 11) is 0. The number of carbonyl (C=O) groups excluding carboxylic acids is 3. The van der Waals surface area contributed by atoms with Crippen molar-refractivity contribution in [2.24, 2.45) is 0 Å². The van der Waals surface area contributed by atoms with Crippen molar-refractivity contribution in [3.05, 3.63) is 88.4 Å². The predicted molar refractivity (Wildman–Crippen MR) is 138 cm³/mol. The summed E-state index contributed by atoms with van der Waals surface area (Å²) >= 11 is 0. The molecule has 3 heterocycles. The number of carboxylic acids is 1. The van der Waals surface area contributed by atoms with Crippen LogP contribution in [0.25, 0.3) is 5.65 Å². The molecule has 202 valence electrons. The third-order valence-electron chi connectivity index (χ3n) is 6.78. The van der Waals surface area contributed by atoms with Crippen molar-refractivity contribution in [2.75, 3.05) is 11.9 Å². The average Bonchev–Trinajstić information content (AvgIpc) is 3.54. The van der Waals surface area contributed by atoms with E-state index in [1.165, 1.54) is 28.9 Å². The summed E-state index contributed by atoms with van der Waals surface area (Å²) in [6.07, 6.45) is 0.658. The maximum atomic E-state index is 13.4. The molecule has 2 aliphatic rings. The van der Waals surface area contributed by atoms with Gasteiger partial charge in [0, 0.05) is 25.1 Å². The van der Waals surface area contributed by atoms with Crippen LogP contribution in [0.1, 0.15) is 54.1 Å². The maximum absolute atomic E-state index is 13.4. The first kappa shape index (κ1) is 25.0. The van der Waals surface area contributed by atoms with Crippen LogP contribution in [0.2, 0.25) is 0 Å². The molecule has 13 heteroatoms. The van der Waals surface area contributed by atoms with Gasteiger partial charge >= 0.3 is 5.97 Å². The minimum absolute atomic E-state index is 0.0220. The van der Waals surface area contributed by atoms with Crippen LogP contribution >= 0.6 is 0 Å². The van der Waals surface area contributed by atoms with Crippen LogP contribution in [0.3, 0.4) is 0 Å². The number of carbonyl (C=O) groups is 4. The molecule has 2 atom stereocenters. The van der Waals surface area contributed by atoms with Crippen molar-refractivity contribution in [3.8, 4) is 5.75 Å². The zero-order valence-electron chi connectivity index (χ0n) is 20.7. The zero-order valence-corrected chi connectivity index (χ0v) is 20.7. The molecule has 0 unspecified atom stereocenters. The Morgan fingerprint density at radius 2 is 1.95 bits per heavy atom. The Morgan fingerprint density at radius 3 is 2.77 bits per heavy atom. The Labute approximate surface area is 225 Å². The molecule has 4 aromatic rings. The predicted octanol–water partition coefficient (Wildman–Crippen LogP) is 1.08. The van der Waals surface area contributed by atoms with Crippen molar-refractivity contribution in [1.29, 1.82) is 0 Å². The van der Waals surface area contributed by atoms with E-state index < -0.39 is 29.9 Å². The fourth-order valence-corrected chi connectivity index (χ4v) is 4.86. The number of hydrogen-bond acceptors (Lipinski definition) is 8. The first-order valence-electron chi connectivity index (χ1n) is 12.3. The molecule has 0 saturated heterocycles. The second kappa shape index (κ2) is 9.78. The van der Waals surface area contributed by atoms with Gasteiger partial charge in [-0.15, -0.1) is 0 Å². The number of aliphatic hydroxyl groups is 1. The van der Waals surface area contributed by atoms with Gasteiger partial charge in [0.05, 0.1) is 29.6 Å². The van der Waals surface area contributed by atoms with Crippen molar-refractivity contribution in [3.63, 3.8) is 0 Å². The molecular formula is C27H22N6O7. The Morgan fingerprint density at radius 1 is 1.10 bits per heavy atom. The van der Waals surface area contributed by atoms with Gasteiger partial charge in [-0.2, -0.15) is 5.10 Å². The van der Waals surface area contributed by atoms with Crippen LogP contribution in [0.5, 0.6) is 5.75 Å². The Balaban J connectivity index is 1.21. The van der Waals surface area contributed by atoms with Crippen LogP contribution in [-0.2, 0) is 17.8 Å². The summed E-state index contributed by atoms with van der Waals surface area (Å²) in [4.78, 5) is 53.6. The van der Waals surface area contributed by atoms with Crippen LogP contribution in [0, 0.1) is 0 Å². The molecule has 1 aliphatic carbocycles. The van der Waals surface area contributed by atoms with E-state index >= 15 is 0 Å². The molecule has 0 bridgehead atoms. The number of aromatic carboxylic acids is 1. The lowest BCUT2D eigenvalue weighted by Crippen LogP contribution is -2.35. The number of aliphatic hydroxyl groups excluding tert-OH is 1. The molecule has 6 rings (SSSR count). The number of benzene rings is 2. The van der Waals surface area contributed by atoms with E-state index in [9.17, 15) is 29.4 Å². The van der Waals surface area contributed by atoms with Crippen molar-refractivity contribution >= 4 is 35.0 Å². The fourth-order valence-electron chi connectivity index (χ4n) is 4.86. The molecular weight excluding hydrogens is 520 g/mol. The summed E-state index contributed by atoms with van der Waals surface area (Å²) in [5, 5.41) is 32.3. The van der Waals surface area contributed by atoms with Gasteiger partial charge in [0.25, 0.3) is 17.7 Å². The second-order valence-corrected chi connectivity index (χ2v) is 9.42. The smallest absolute Gasteiger partial charge is 0.335 e. The SMILES string of the molecule is O=C1COc2ccc(CNC(=O)c3cc(C(=O)N[C@@H]4c5ccc(C(=O)O)cc5C[C@@H]4O)n4nccc4n3)cc2N1. The third-order valence-corrected chi connectivity index (χ3v) is 6.78. The van der Waals surface area contributed by atoms with Gasteiger partial charge in [0.1, 0.15) is 17.1 Å². The van der Waals surface area contributed by atoms with Crippen molar-refractivity contribution in [1.82, 2.24) is 25.2 Å². The summed E-state index contributed by atoms with van der Waals surface area (Å²) in [6.45, 7) is 0.0681. The molecule has 3 amide bonds. The van der Waals surface area contributed by atoms with E-state index in [2.05, 4.69) is 26.0 Å². The van der Waals surface area contributed by atoms with Crippen molar-refractivity contribution < 1.29 is 34.1 Å². The highest BCUT2D eigenvalue weighted by Crippen LogP contribution is 2.33. The number of ether oxygens (including phenoxy) is 1. The highest BCUT2D eigenvalue weighted by molar-refractivity contribution is 5.99. The van der Waals surface area contributed by atoms with Gasteiger partial charge in [-0.3, -0.25) is 14.4 Å². The average molecular weight is 543 g/mol. The first-order chi connectivity index (χ1) is 19.3. The number of anilines is 1. The number of rotatable bonds is 6. The largest absolute Gasteiger partial charge is 0.482 e. The highest BCUT2D eigenvalue weighted by Gasteiger charge is 2.33. The zero-order chi connectivity index (χ0) is 28.0. The normalized spacial score (nSPS) is 17.4. The lowest BCUT2D eigenvalue weighted by atomic mass is 10.0. The summed E-state index contributed by atoms with van der Waals surface area (Å²) in [5.74, 6) is -1.95. The van der Waals surface area contributed by atoms with Gasteiger partial charge in [0.2, 0.25) is 0 Å². The summed E-state index contributed by atoms with van der Waals surface area (Å²) in [6, 6.07) is 11.7. The molecule has 0 fully saturated rings. The standard InChI is InChI=1S/C27H22N6O7/c34-20-9-15-8-14(27(38)39)2-3-16(15)24(20)32-26(37)19-10-18(30-22-5-6-29-33(19)22)25(36)28-11-13-1-4-21-17(7-13)31-23(35)12-40-21/h1-8,10,20,24,34H,9,11-12H2,(H,28,36)(H,31,35)(H,32,37)(H,38,39)/t20-,24+/m0/s1. The van der Waals surface area contributed by atoms with Gasteiger partial charge in [-0.05, 0) is 41.0 Å². The molecule has 0 saturated carbocycles. The van der Waals surface area contributed by atoms with E-state index in [1.807, 2.05) is 0 Å². The minimum atomic E-state index is -1.08. The topological polar surface area (TPSA) is 184 Å². The molecule has 13 nitrogen and oxygen atoms in total. The van der Waals surface area contributed by atoms with Crippen LogP contribution in [-0.4, -0.2) is 61.2 Å².